The number of benzene rings is 1. The van der Waals surface area contributed by atoms with Crippen molar-refractivity contribution in [1.29, 1.82) is 0 Å². The first kappa shape index (κ1) is 7.44. The minimum Gasteiger partial charge on any atom is -0.283 e. The minimum absolute atomic E-state index is 0.731. The molecule has 0 bridgehead atoms. The van der Waals surface area contributed by atoms with E-state index in [0.717, 1.165) is 23.6 Å². The van der Waals surface area contributed by atoms with Crippen LogP contribution < -0.4 is 0 Å². The lowest BCUT2D eigenvalue weighted by Crippen LogP contribution is -1.98. The first-order chi connectivity index (χ1) is 6.95. The molecule has 1 aromatic carbocycles. The van der Waals surface area contributed by atoms with E-state index in [1.807, 2.05) is 35.0 Å². The molecule has 0 aliphatic carbocycles. The van der Waals surface area contributed by atoms with E-state index in [0.29, 0.717) is 0 Å². The van der Waals surface area contributed by atoms with E-state index in [1.165, 1.54) is 0 Å². The molecule has 0 spiro atoms. The largest absolute Gasteiger partial charge is 0.283 e. The van der Waals surface area contributed by atoms with Gasteiger partial charge < -0.3 is 0 Å². The highest BCUT2D eigenvalue weighted by Crippen LogP contribution is 2.25. The fourth-order valence-corrected chi connectivity index (χ4v) is 1.60. The van der Waals surface area contributed by atoms with Gasteiger partial charge in [0, 0.05) is 12.6 Å². The SMILES string of the molecule is C1=Nc2ccccc2-n2cnnc2C1. The molecule has 4 heteroatoms. The summed E-state index contributed by atoms with van der Waals surface area (Å²) in [6.07, 6.45) is 4.32. The van der Waals surface area contributed by atoms with Crippen LogP contribution in [-0.4, -0.2) is 21.0 Å². The zero-order chi connectivity index (χ0) is 9.38. The predicted molar refractivity (Wildman–Crippen MR) is 53.2 cm³/mol. The van der Waals surface area contributed by atoms with Crippen LogP contribution in [0.15, 0.2) is 35.6 Å². The fraction of sp³-hybridized carbons (Fsp3) is 0.100. The van der Waals surface area contributed by atoms with E-state index in [4.69, 9.17) is 0 Å². The Morgan fingerprint density at radius 2 is 2.14 bits per heavy atom. The summed E-state index contributed by atoms with van der Waals surface area (Å²) in [6.45, 7) is 0. The molecule has 0 saturated carbocycles. The minimum atomic E-state index is 0.731. The maximum atomic E-state index is 4.36. The third-order valence-electron chi connectivity index (χ3n) is 2.26. The van der Waals surface area contributed by atoms with Gasteiger partial charge in [-0.25, -0.2) is 0 Å². The van der Waals surface area contributed by atoms with Crippen LogP contribution in [0.3, 0.4) is 0 Å². The number of para-hydroxylation sites is 2. The quantitative estimate of drug-likeness (QED) is 0.623. The van der Waals surface area contributed by atoms with Crippen LogP contribution in [0.2, 0.25) is 0 Å². The number of aliphatic imine (C=N–C) groups is 1. The second-order valence-electron chi connectivity index (χ2n) is 3.12. The molecule has 14 heavy (non-hydrogen) atoms. The summed E-state index contributed by atoms with van der Waals surface area (Å²) < 4.78 is 1.97. The third-order valence-corrected chi connectivity index (χ3v) is 2.26. The highest BCUT2D eigenvalue weighted by atomic mass is 15.3. The summed E-state index contributed by atoms with van der Waals surface area (Å²) in [5.74, 6) is 0.929. The van der Waals surface area contributed by atoms with Gasteiger partial charge in [-0.05, 0) is 12.1 Å². The Morgan fingerprint density at radius 3 is 3.14 bits per heavy atom. The van der Waals surface area contributed by atoms with Crippen molar-refractivity contribution >= 4 is 11.9 Å². The number of fused-ring (bicyclic) bond motifs is 3. The molecule has 0 saturated heterocycles. The van der Waals surface area contributed by atoms with Gasteiger partial charge in [-0.2, -0.15) is 0 Å². The van der Waals surface area contributed by atoms with Crippen LogP contribution in [0.5, 0.6) is 0 Å². The van der Waals surface area contributed by atoms with Crippen molar-refractivity contribution in [3.8, 4) is 5.69 Å². The van der Waals surface area contributed by atoms with Crippen molar-refractivity contribution in [2.45, 2.75) is 6.42 Å². The molecule has 2 heterocycles. The Bertz CT molecular complexity index is 498. The van der Waals surface area contributed by atoms with Gasteiger partial charge in [0.2, 0.25) is 0 Å². The molecule has 1 aliphatic heterocycles. The van der Waals surface area contributed by atoms with Crippen LogP contribution in [0.4, 0.5) is 5.69 Å². The highest BCUT2D eigenvalue weighted by Gasteiger charge is 2.11. The highest BCUT2D eigenvalue weighted by molar-refractivity contribution is 5.71. The molecule has 1 aliphatic rings. The third kappa shape index (κ3) is 0.970. The Labute approximate surface area is 80.9 Å². The van der Waals surface area contributed by atoms with Gasteiger partial charge >= 0.3 is 0 Å². The molecule has 0 atom stereocenters. The predicted octanol–water partition coefficient (Wildman–Crippen LogP) is 1.53. The van der Waals surface area contributed by atoms with Crippen molar-refractivity contribution in [3.63, 3.8) is 0 Å². The van der Waals surface area contributed by atoms with Gasteiger partial charge in [-0.15, -0.1) is 10.2 Å². The molecular weight excluding hydrogens is 176 g/mol. The maximum Gasteiger partial charge on any atom is 0.142 e. The van der Waals surface area contributed by atoms with Crippen LogP contribution in [0.25, 0.3) is 5.69 Å². The van der Waals surface area contributed by atoms with Crippen molar-refractivity contribution in [2.75, 3.05) is 0 Å². The summed E-state index contributed by atoms with van der Waals surface area (Å²) in [5.41, 5.74) is 2.01. The maximum absolute atomic E-state index is 4.36. The van der Waals surface area contributed by atoms with Crippen LogP contribution in [0.1, 0.15) is 5.82 Å². The Morgan fingerprint density at radius 1 is 1.21 bits per heavy atom. The number of hydrogen-bond acceptors (Lipinski definition) is 3. The van der Waals surface area contributed by atoms with Crippen LogP contribution in [0, 0.1) is 0 Å². The lowest BCUT2D eigenvalue weighted by Gasteiger charge is -2.04. The number of rotatable bonds is 0. The van der Waals surface area contributed by atoms with Crippen molar-refractivity contribution in [3.05, 3.63) is 36.4 Å². The van der Waals surface area contributed by atoms with Gasteiger partial charge in [0.05, 0.1) is 11.4 Å². The molecule has 4 nitrogen and oxygen atoms in total. The Kier molecular flexibility index (Phi) is 1.47. The second kappa shape index (κ2) is 2.77. The van der Waals surface area contributed by atoms with E-state index in [9.17, 15) is 0 Å². The standard InChI is InChI=1S/C10H8N4/c1-2-4-9-8(3-1)11-6-5-10-13-12-7-14(9)10/h1-4,6-7H,5H2. The molecule has 2 aromatic rings. The monoisotopic (exact) mass is 184 g/mol. The van der Waals surface area contributed by atoms with E-state index in [-0.39, 0.29) is 0 Å². The smallest absolute Gasteiger partial charge is 0.142 e. The summed E-state index contributed by atoms with van der Waals surface area (Å²) in [6, 6.07) is 7.97. The van der Waals surface area contributed by atoms with Gasteiger partial charge in [-0.1, -0.05) is 12.1 Å². The van der Waals surface area contributed by atoms with Gasteiger partial charge in [0.25, 0.3) is 0 Å². The van der Waals surface area contributed by atoms with E-state index >= 15 is 0 Å². The van der Waals surface area contributed by atoms with Gasteiger partial charge in [0.15, 0.2) is 0 Å². The number of aromatic nitrogens is 3. The summed E-state index contributed by atoms with van der Waals surface area (Å²) in [7, 11) is 0. The molecule has 0 N–H and O–H groups in total. The van der Waals surface area contributed by atoms with Crippen molar-refractivity contribution in [2.24, 2.45) is 4.99 Å². The molecule has 0 fully saturated rings. The first-order valence-corrected chi connectivity index (χ1v) is 4.46. The fourth-order valence-electron chi connectivity index (χ4n) is 1.60. The average molecular weight is 184 g/mol. The van der Waals surface area contributed by atoms with Crippen molar-refractivity contribution in [1.82, 2.24) is 14.8 Å². The first-order valence-electron chi connectivity index (χ1n) is 4.46. The number of nitrogens with zero attached hydrogens (tertiary/aromatic N) is 4. The average Bonchev–Trinajstić information content (AvgIpc) is 2.61. The summed E-state index contributed by atoms with van der Waals surface area (Å²) in [5, 5.41) is 7.93. The number of hydrogen-bond donors (Lipinski definition) is 0. The van der Waals surface area contributed by atoms with Gasteiger partial charge in [-0.3, -0.25) is 9.56 Å². The lowest BCUT2D eigenvalue weighted by atomic mass is 10.2. The van der Waals surface area contributed by atoms with Gasteiger partial charge in [0.1, 0.15) is 12.2 Å². The lowest BCUT2D eigenvalue weighted by molar-refractivity contribution is 0.951. The molecular formula is C10H8N4. The summed E-state index contributed by atoms with van der Waals surface area (Å²) in [4.78, 5) is 4.36. The van der Waals surface area contributed by atoms with Crippen molar-refractivity contribution < 1.29 is 0 Å². The topological polar surface area (TPSA) is 43.1 Å². The zero-order valence-electron chi connectivity index (χ0n) is 7.46. The molecule has 1 aromatic heterocycles. The van der Waals surface area contributed by atoms with E-state index in [1.54, 1.807) is 6.33 Å². The molecule has 0 radical (unpaired) electrons. The molecule has 0 unspecified atom stereocenters. The van der Waals surface area contributed by atoms with Crippen LogP contribution in [-0.2, 0) is 6.42 Å². The zero-order valence-corrected chi connectivity index (χ0v) is 7.46. The summed E-state index contributed by atoms with van der Waals surface area (Å²) >= 11 is 0. The normalized spacial score (nSPS) is 13.1. The Balaban J connectivity index is 2.34. The van der Waals surface area contributed by atoms with E-state index in [2.05, 4.69) is 15.2 Å². The molecule has 0 amide bonds. The van der Waals surface area contributed by atoms with Crippen LogP contribution >= 0.6 is 0 Å². The molecule has 68 valence electrons. The Hall–Kier alpha value is -1.97. The molecule has 3 rings (SSSR count). The van der Waals surface area contributed by atoms with E-state index < -0.39 is 0 Å². The second-order valence-corrected chi connectivity index (χ2v) is 3.12.